The molecule has 0 aliphatic carbocycles. The summed E-state index contributed by atoms with van der Waals surface area (Å²) in [6.07, 6.45) is 0. The monoisotopic (exact) mass is 211 g/mol. The fourth-order valence-electron chi connectivity index (χ4n) is 1.20. The lowest BCUT2D eigenvalue weighted by atomic mass is 10.2. The highest BCUT2D eigenvalue weighted by atomic mass is 16.2. The lowest BCUT2D eigenvalue weighted by Crippen LogP contribution is -2.41. The van der Waals surface area contributed by atoms with E-state index in [1.807, 2.05) is 32.7 Å². The smallest absolute Gasteiger partial charge is 0.236 e. The van der Waals surface area contributed by atoms with Crippen LogP contribution in [0, 0.1) is 17.2 Å². The lowest BCUT2D eigenvalue weighted by Gasteiger charge is -2.25. The van der Waals surface area contributed by atoms with Gasteiger partial charge in [-0.05, 0) is 27.8 Å². The molecule has 86 valence electrons. The molecule has 0 radical (unpaired) electrons. The number of amides is 1. The van der Waals surface area contributed by atoms with Crippen LogP contribution in [-0.2, 0) is 4.79 Å². The van der Waals surface area contributed by atoms with E-state index in [0.29, 0.717) is 13.1 Å². The van der Waals surface area contributed by atoms with Crippen molar-refractivity contribution in [3.8, 4) is 6.07 Å². The van der Waals surface area contributed by atoms with E-state index in [-0.39, 0.29) is 17.9 Å². The number of likely N-dealkylation sites (N-methyl/N-ethyl adjacent to an activating group) is 2. The van der Waals surface area contributed by atoms with E-state index >= 15 is 0 Å². The van der Waals surface area contributed by atoms with Crippen LogP contribution in [0.25, 0.3) is 0 Å². The minimum atomic E-state index is -0.0350. The zero-order valence-electron chi connectivity index (χ0n) is 10.3. The predicted octanol–water partition coefficient (Wildman–Crippen LogP) is 0.945. The molecule has 0 N–H and O–H groups in total. The van der Waals surface area contributed by atoms with E-state index in [1.54, 1.807) is 11.9 Å². The molecule has 1 unspecified atom stereocenters. The Morgan fingerprint density at radius 1 is 1.33 bits per heavy atom. The van der Waals surface area contributed by atoms with Gasteiger partial charge in [0.05, 0.1) is 18.5 Å². The van der Waals surface area contributed by atoms with Crippen LogP contribution in [0.15, 0.2) is 0 Å². The van der Waals surface area contributed by atoms with Crippen molar-refractivity contribution in [1.29, 1.82) is 5.26 Å². The van der Waals surface area contributed by atoms with E-state index in [0.717, 1.165) is 0 Å². The van der Waals surface area contributed by atoms with Gasteiger partial charge in [0.2, 0.25) is 5.91 Å². The second-order valence-corrected chi connectivity index (χ2v) is 4.33. The minimum absolute atomic E-state index is 0.0350. The molecule has 1 amide bonds. The average molecular weight is 211 g/mol. The van der Waals surface area contributed by atoms with Gasteiger partial charge in [-0.1, -0.05) is 0 Å². The van der Waals surface area contributed by atoms with Crippen LogP contribution in [0.5, 0.6) is 0 Å². The number of carbonyl (C=O) groups is 1. The Morgan fingerprint density at radius 3 is 2.27 bits per heavy atom. The third-order valence-electron chi connectivity index (χ3n) is 2.38. The van der Waals surface area contributed by atoms with Crippen molar-refractivity contribution >= 4 is 5.91 Å². The van der Waals surface area contributed by atoms with E-state index in [2.05, 4.69) is 6.07 Å². The molecule has 0 heterocycles. The summed E-state index contributed by atoms with van der Waals surface area (Å²) in [5.41, 5.74) is 0. The third kappa shape index (κ3) is 5.38. The van der Waals surface area contributed by atoms with Gasteiger partial charge in [0.25, 0.3) is 0 Å². The highest BCUT2D eigenvalue weighted by Crippen LogP contribution is 1.99. The molecule has 4 nitrogen and oxygen atoms in total. The summed E-state index contributed by atoms with van der Waals surface area (Å²) >= 11 is 0. The highest BCUT2D eigenvalue weighted by Gasteiger charge is 2.15. The fraction of sp³-hybridized carbons (Fsp3) is 0.818. The van der Waals surface area contributed by atoms with Gasteiger partial charge in [-0.3, -0.25) is 9.69 Å². The zero-order valence-corrected chi connectivity index (χ0v) is 10.3. The maximum Gasteiger partial charge on any atom is 0.236 e. The molecule has 1 atom stereocenters. The van der Waals surface area contributed by atoms with Crippen LogP contribution in [0.2, 0.25) is 0 Å². The summed E-state index contributed by atoms with van der Waals surface area (Å²) in [5.74, 6) is 0.0600. The first-order chi connectivity index (χ1) is 6.88. The SMILES string of the molecule is CC(C#N)CN(C)CC(=O)N(C)C(C)C. The Labute approximate surface area is 92.5 Å². The second kappa shape index (κ2) is 6.41. The maximum atomic E-state index is 11.7. The van der Waals surface area contributed by atoms with Crippen LogP contribution in [0.3, 0.4) is 0 Å². The molecule has 0 aromatic rings. The number of carbonyl (C=O) groups excluding carboxylic acids is 1. The molecular weight excluding hydrogens is 190 g/mol. The fourth-order valence-corrected chi connectivity index (χ4v) is 1.20. The molecular formula is C11H21N3O. The molecule has 4 heteroatoms. The van der Waals surface area contributed by atoms with Crippen LogP contribution in [0.1, 0.15) is 20.8 Å². The highest BCUT2D eigenvalue weighted by molar-refractivity contribution is 5.78. The first kappa shape index (κ1) is 13.9. The zero-order chi connectivity index (χ0) is 12.0. The van der Waals surface area contributed by atoms with Gasteiger partial charge in [-0.15, -0.1) is 0 Å². The molecule has 0 aromatic carbocycles. The first-order valence-electron chi connectivity index (χ1n) is 5.22. The molecule has 0 saturated carbocycles. The standard InChI is InChI=1S/C11H21N3O/c1-9(2)14(5)11(15)8-13(4)7-10(3)6-12/h9-10H,7-8H2,1-5H3. The van der Waals surface area contributed by atoms with Crippen molar-refractivity contribution in [3.05, 3.63) is 0 Å². The summed E-state index contributed by atoms with van der Waals surface area (Å²) in [7, 11) is 3.66. The summed E-state index contributed by atoms with van der Waals surface area (Å²) < 4.78 is 0. The quantitative estimate of drug-likeness (QED) is 0.680. The molecule has 0 spiro atoms. The maximum absolute atomic E-state index is 11.7. The second-order valence-electron chi connectivity index (χ2n) is 4.33. The van der Waals surface area contributed by atoms with Gasteiger partial charge in [-0.2, -0.15) is 5.26 Å². The van der Waals surface area contributed by atoms with E-state index in [9.17, 15) is 4.79 Å². The lowest BCUT2D eigenvalue weighted by molar-refractivity contribution is -0.132. The van der Waals surface area contributed by atoms with Crippen molar-refractivity contribution in [2.24, 2.45) is 5.92 Å². The normalized spacial score (nSPS) is 12.7. The molecule has 0 saturated heterocycles. The molecule has 0 aliphatic heterocycles. The summed E-state index contributed by atoms with van der Waals surface area (Å²) in [5, 5.41) is 8.64. The topological polar surface area (TPSA) is 47.3 Å². The molecule has 0 aliphatic rings. The summed E-state index contributed by atoms with van der Waals surface area (Å²) in [6.45, 7) is 6.83. The van der Waals surface area contributed by atoms with E-state index < -0.39 is 0 Å². The van der Waals surface area contributed by atoms with E-state index in [4.69, 9.17) is 5.26 Å². The van der Waals surface area contributed by atoms with Gasteiger partial charge >= 0.3 is 0 Å². The number of nitriles is 1. The van der Waals surface area contributed by atoms with Crippen LogP contribution < -0.4 is 0 Å². The van der Waals surface area contributed by atoms with Gasteiger partial charge in [-0.25, -0.2) is 0 Å². The Hall–Kier alpha value is -1.08. The van der Waals surface area contributed by atoms with Crippen molar-refractivity contribution in [3.63, 3.8) is 0 Å². The number of hydrogen-bond donors (Lipinski definition) is 0. The van der Waals surface area contributed by atoms with Crippen LogP contribution in [0.4, 0.5) is 0 Å². The number of nitrogens with zero attached hydrogens (tertiary/aromatic N) is 3. The molecule has 0 bridgehead atoms. The Kier molecular flexibility index (Phi) is 5.95. The molecule has 15 heavy (non-hydrogen) atoms. The number of hydrogen-bond acceptors (Lipinski definition) is 3. The Morgan fingerprint density at radius 2 is 1.87 bits per heavy atom. The molecule has 0 aromatic heterocycles. The van der Waals surface area contributed by atoms with Gasteiger partial charge in [0.1, 0.15) is 0 Å². The van der Waals surface area contributed by atoms with Crippen LogP contribution in [-0.4, -0.2) is 48.9 Å². The van der Waals surface area contributed by atoms with Gasteiger partial charge < -0.3 is 4.90 Å². The van der Waals surface area contributed by atoms with Gasteiger partial charge in [0, 0.05) is 19.6 Å². The van der Waals surface area contributed by atoms with Crippen molar-refractivity contribution < 1.29 is 4.79 Å². The average Bonchev–Trinajstić information content (AvgIpc) is 2.15. The molecule has 0 fully saturated rings. The predicted molar refractivity (Wildman–Crippen MR) is 60.2 cm³/mol. The number of rotatable bonds is 5. The van der Waals surface area contributed by atoms with Crippen molar-refractivity contribution in [2.45, 2.75) is 26.8 Å². The third-order valence-corrected chi connectivity index (χ3v) is 2.38. The Bertz CT molecular complexity index is 245. The minimum Gasteiger partial charge on any atom is -0.342 e. The first-order valence-corrected chi connectivity index (χ1v) is 5.22. The molecule has 0 rings (SSSR count). The van der Waals surface area contributed by atoms with E-state index in [1.165, 1.54) is 0 Å². The van der Waals surface area contributed by atoms with Crippen LogP contribution >= 0.6 is 0 Å². The summed E-state index contributed by atoms with van der Waals surface area (Å²) in [6, 6.07) is 2.38. The summed E-state index contributed by atoms with van der Waals surface area (Å²) in [4.78, 5) is 15.3. The van der Waals surface area contributed by atoms with Crippen molar-refractivity contribution in [1.82, 2.24) is 9.80 Å². The van der Waals surface area contributed by atoms with Crippen molar-refractivity contribution in [2.75, 3.05) is 27.2 Å². The van der Waals surface area contributed by atoms with Gasteiger partial charge in [0.15, 0.2) is 0 Å². The Balaban J connectivity index is 4.03. The largest absolute Gasteiger partial charge is 0.342 e.